The predicted molar refractivity (Wildman–Crippen MR) is 278 cm³/mol. The zero-order valence-electron chi connectivity index (χ0n) is 42.8. The van der Waals surface area contributed by atoms with Crippen LogP contribution in [0.2, 0.25) is 0 Å². The van der Waals surface area contributed by atoms with Gasteiger partial charge in [-0.25, -0.2) is 13.6 Å². The number of nitrogens with zero attached hydrogens (tertiary/aromatic N) is 2. The summed E-state index contributed by atoms with van der Waals surface area (Å²) in [6.07, 6.45) is 5.69. The van der Waals surface area contributed by atoms with Crippen LogP contribution in [-0.4, -0.2) is 89.4 Å². The number of aromatic amines is 2. The number of thiophene rings is 2. The summed E-state index contributed by atoms with van der Waals surface area (Å²) < 4.78 is 32.7. The lowest BCUT2D eigenvalue weighted by Gasteiger charge is -2.32. The van der Waals surface area contributed by atoms with E-state index in [0.29, 0.717) is 41.9 Å². The fourth-order valence-corrected chi connectivity index (χ4v) is 11.7. The number of methoxy groups -OCH3 is 1. The Morgan fingerprint density at radius 3 is 1.47 bits per heavy atom. The lowest BCUT2D eigenvalue weighted by molar-refractivity contribution is 0.0600. The number of pyridine rings is 2. The average Bonchev–Trinajstić information content (AvgIpc) is 3.82. The molecule has 0 saturated carbocycles. The third-order valence-electron chi connectivity index (χ3n) is 12.6. The van der Waals surface area contributed by atoms with E-state index in [2.05, 4.69) is 38.9 Å². The molecule has 0 unspecified atom stereocenters. The van der Waals surface area contributed by atoms with Gasteiger partial charge in [-0.15, -0.1) is 22.7 Å². The van der Waals surface area contributed by atoms with Crippen molar-refractivity contribution in [1.82, 2.24) is 25.1 Å². The Balaban J connectivity index is 0.000000250. The summed E-state index contributed by atoms with van der Waals surface area (Å²) in [5.74, 6) is -0.426. The lowest BCUT2D eigenvalue weighted by atomic mass is 9.93. The summed E-state index contributed by atoms with van der Waals surface area (Å²) in [6, 6.07) is 3.83. The third-order valence-corrected chi connectivity index (χ3v) is 14.9. The van der Waals surface area contributed by atoms with Gasteiger partial charge in [-0.05, 0) is 153 Å². The van der Waals surface area contributed by atoms with Gasteiger partial charge in [0.2, 0.25) is 0 Å². The number of allylic oxidation sites excluding steroid dienone is 2. The Kier molecular flexibility index (Phi) is 20.5. The number of hydrogen-bond acceptors (Lipinski definition) is 10. The Bertz CT molecular complexity index is 2550. The van der Waals surface area contributed by atoms with E-state index in [1.165, 1.54) is 39.2 Å². The number of carbonyl (C=O) groups excluding carboxylic acids is 2. The van der Waals surface area contributed by atoms with E-state index in [1.54, 1.807) is 50.4 Å². The zero-order valence-corrected chi connectivity index (χ0v) is 44.4. The Morgan fingerprint density at radius 2 is 1.10 bits per heavy atom. The highest BCUT2D eigenvalue weighted by atomic mass is 32.1. The molecule has 2 saturated heterocycles. The molecular weight excluding hydrogens is 903 g/mol. The van der Waals surface area contributed by atoms with Gasteiger partial charge in [0.15, 0.2) is 0 Å². The van der Waals surface area contributed by atoms with Crippen molar-refractivity contribution in [3.8, 4) is 0 Å². The van der Waals surface area contributed by atoms with E-state index < -0.39 is 11.3 Å². The maximum absolute atomic E-state index is 14.0. The van der Waals surface area contributed by atoms with Crippen molar-refractivity contribution < 1.29 is 23.1 Å². The first-order chi connectivity index (χ1) is 31.9. The molecule has 0 spiro atoms. The first-order valence-corrected chi connectivity index (χ1v) is 25.5. The van der Waals surface area contributed by atoms with E-state index in [-0.39, 0.29) is 29.5 Å². The molecule has 0 bridgehead atoms. The van der Waals surface area contributed by atoms with Gasteiger partial charge >= 0.3 is 5.97 Å². The molecule has 4 aromatic heterocycles. The van der Waals surface area contributed by atoms with Crippen LogP contribution in [0.1, 0.15) is 155 Å². The minimum absolute atomic E-state index is 0.0648. The van der Waals surface area contributed by atoms with Gasteiger partial charge in [0.25, 0.3) is 17.0 Å². The summed E-state index contributed by atoms with van der Waals surface area (Å²) in [6.45, 7) is 27.4. The molecule has 0 atom stereocenters. The van der Waals surface area contributed by atoms with Crippen molar-refractivity contribution in [1.29, 1.82) is 0 Å². The minimum Gasteiger partial charge on any atom is -0.465 e. The van der Waals surface area contributed by atoms with Crippen LogP contribution < -0.4 is 22.2 Å². The Labute approximate surface area is 410 Å². The summed E-state index contributed by atoms with van der Waals surface area (Å²) in [7, 11) is 1.42. The maximum atomic E-state index is 14.0. The lowest BCUT2D eigenvalue weighted by Crippen LogP contribution is -2.39. The van der Waals surface area contributed by atoms with Crippen LogP contribution in [0.3, 0.4) is 0 Å². The number of nitrogens with two attached hydrogens (primary N) is 1. The second-order valence-electron chi connectivity index (χ2n) is 19.3. The third kappa shape index (κ3) is 15.5. The van der Waals surface area contributed by atoms with E-state index in [0.717, 1.165) is 98.3 Å². The van der Waals surface area contributed by atoms with Crippen molar-refractivity contribution in [3.63, 3.8) is 0 Å². The number of aryl methyl sites for hydroxylation is 4. The van der Waals surface area contributed by atoms with Crippen LogP contribution >= 0.6 is 22.7 Å². The summed E-state index contributed by atoms with van der Waals surface area (Å²) in [4.78, 5) is 60.4. The second-order valence-corrected chi connectivity index (χ2v) is 21.1. The van der Waals surface area contributed by atoms with E-state index in [1.807, 2.05) is 64.4 Å². The van der Waals surface area contributed by atoms with Gasteiger partial charge in [-0.3, -0.25) is 24.2 Å². The highest BCUT2D eigenvalue weighted by molar-refractivity contribution is 7.12. The molecule has 374 valence electrons. The number of carbonyl (C=O) groups is 2. The molecule has 2 aliphatic heterocycles. The molecule has 2 fully saturated rings. The molecule has 68 heavy (non-hydrogen) atoms. The topological polar surface area (TPSA) is 154 Å². The van der Waals surface area contributed by atoms with Crippen molar-refractivity contribution in [2.75, 3.05) is 46.4 Å². The van der Waals surface area contributed by atoms with Gasteiger partial charge < -0.3 is 25.8 Å². The highest BCUT2D eigenvalue weighted by Crippen LogP contribution is 2.38. The highest BCUT2D eigenvalue weighted by Gasteiger charge is 2.27. The largest absolute Gasteiger partial charge is 0.465 e. The van der Waals surface area contributed by atoms with Crippen molar-refractivity contribution >= 4 is 45.7 Å². The van der Waals surface area contributed by atoms with Crippen molar-refractivity contribution in [3.05, 3.63) is 120 Å². The van der Waals surface area contributed by atoms with Crippen LogP contribution in [0.5, 0.6) is 0 Å². The van der Waals surface area contributed by atoms with Gasteiger partial charge in [-0.2, -0.15) is 0 Å². The number of alkyl halides is 2. The first-order valence-electron chi connectivity index (χ1n) is 23.8. The molecule has 0 aromatic carbocycles. The SMILES string of the molecule is CCC(=C1CCN(CC(C)(C)F)CC1)c1scc(C(=O)NCc2c(C)cc(C)[nH]c2=O)c1C.CCC(=C1CCN(CC(C)(C)F)CC1)c1scc(C(=O)OC)c1C.Cc1cc(C)c(CN)c(=O)[nH]1. The first kappa shape index (κ1) is 56.1. The summed E-state index contributed by atoms with van der Waals surface area (Å²) in [5.41, 5.74) is 16.5. The minimum atomic E-state index is -1.18. The number of hydrogen-bond donors (Lipinski definition) is 4. The summed E-state index contributed by atoms with van der Waals surface area (Å²) >= 11 is 3.24. The molecule has 6 rings (SSSR count). The fourth-order valence-electron chi connectivity index (χ4n) is 9.24. The van der Waals surface area contributed by atoms with Crippen LogP contribution in [0.25, 0.3) is 11.1 Å². The second kappa shape index (κ2) is 24.8. The monoisotopic (exact) mass is 979 g/mol. The summed E-state index contributed by atoms with van der Waals surface area (Å²) in [5, 5.41) is 6.74. The normalized spacial score (nSPS) is 14.7. The van der Waals surface area contributed by atoms with Gasteiger partial charge in [0, 0.05) is 95.4 Å². The molecule has 2 aliphatic rings. The number of piperidine rings is 2. The van der Waals surface area contributed by atoms with Crippen LogP contribution in [0.15, 0.2) is 43.6 Å². The van der Waals surface area contributed by atoms with Gasteiger partial charge in [0.05, 0.1) is 18.2 Å². The fraction of sp³-hybridized carbons (Fsp3) is 0.547. The van der Waals surface area contributed by atoms with Crippen LogP contribution in [0, 0.1) is 41.5 Å². The molecule has 0 aliphatic carbocycles. The predicted octanol–water partition coefficient (Wildman–Crippen LogP) is 10.6. The van der Waals surface area contributed by atoms with Crippen molar-refractivity contribution in [2.45, 2.75) is 146 Å². The number of esters is 1. The quantitative estimate of drug-likeness (QED) is 0.0966. The van der Waals surface area contributed by atoms with E-state index in [4.69, 9.17) is 10.5 Å². The molecule has 1 amide bonds. The zero-order chi connectivity index (χ0) is 50.7. The smallest absolute Gasteiger partial charge is 0.338 e. The van der Waals surface area contributed by atoms with Crippen molar-refractivity contribution in [2.24, 2.45) is 5.73 Å². The van der Waals surface area contributed by atoms with Gasteiger partial charge in [-0.1, -0.05) is 25.0 Å². The molecule has 0 radical (unpaired) electrons. The molecule has 5 N–H and O–H groups in total. The number of aromatic nitrogens is 2. The molecule has 4 aromatic rings. The number of nitrogens with one attached hydrogen (secondary N) is 3. The standard InChI is InChI=1S/C26H36FN3O2S.C19H28FNO2S.C8H12N2O/c1-7-20(19-8-10-30(11-9-19)15-26(5,6)27)23-18(4)22(14-33-23)24(31)28-13-21-16(2)12-17(3)29-25(21)32;1-6-15(17-13(2)16(11-24-17)18(22)23-5)14-7-9-21(10-8-14)12-19(3,4)20;1-5-3-6(2)10-8(11)7(5)4-9/h12,14H,7-11,13,15H2,1-6H3,(H,28,31)(H,29,32);11H,6-10,12H2,1-5H3;3H,4,9H2,1-2H3,(H,10,11). The Morgan fingerprint density at radius 1 is 0.706 bits per heavy atom. The maximum Gasteiger partial charge on any atom is 0.338 e. The van der Waals surface area contributed by atoms with E-state index >= 15 is 0 Å². The molecular formula is C53H76F2N6O5S2. The van der Waals surface area contributed by atoms with Gasteiger partial charge in [0.1, 0.15) is 11.3 Å². The molecule has 6 heterocycles. The molecule has 11 nitrogen and oxygen atoms in total. The number of halogens is 2. The average molecular weight is 979 g/mol. The number of rotatable bonds is 13. The van der Waals surface area contributed by atoms with E-state index in [9.17, 15) is 28.0 Å². The number of ether oxygens (including phenoxy) is 1. The van der Waals surface area contributed by atoms with Crippen LogP contribution in [-0.2, 0) is 17.8 Å². The number of likely N-dealkylation sites (tertiary alicyclic amines) is 2. The Hall–Kier alpha value is -4.54. The molecule has 15 heteroatoms. The van der Waals surface area contributed by atoms with Crippen LogP contribution in [0.4, 0.5) is 8.78 Å². The number of amides is 1. The number of H-pyrrole nitrogens is 2.